The van der Waals surface area contributed by atoms with Crippen LogP contribution in [-0.4, -0.2) is 11.4 Å². The number of rotatable bonds is 1. The lowest BCUT2D eigenvalue weighted by Crippen LogP contribution is -2.32. The summed E-state index contributed by atoms with van der Waals surface area (Å²) < 4.78 is 13.1. The Morgan fingerprint density at radius 3 is 2.74 bits per heavy atom. The average Bonchev–Trinajstić information content (AvgIpc) is 2.83. The largest absolute Gasteiger partial charge is 0.486 e. The topological polar surface area (TPSA) is 39.4 Å². The van der Waals surface area contributed by atoms with Gasteiger partial charge >= 0.3 is 0 Å². The van der Waals surface area contributed by atoms with E-state index in [2.05, 4.69) is 29.8 Å². The smallest absolute Gasteiger partial charge is 0.159 e. The number of halogens is 1. The molecule has 0 N–H and O–H groups in total. The Kier molecular flexibility index (Phi) is 3.11. The van der Waals surface area contributed by atoms with Crippen LogP contribution in [0.4, 0.5) is 0 Å². The van der Waals surface area contributed by atoms with Crippen molar-refractivity contribution in [1.29, 1.82) is 0 Å². The Morgan fingerprint density at radius 1 is 1.22 bits per heavy atom. The van der Waals surface area contributed by atoms with E-state index in [0.29, 0.717) is 5.56 Å². The van der Waals surface area contributed by atoms with Gasteiger partial charge in [0, 0.05) is 21.9 Å². The number of benzene rings is 2. The van der Waals surface area contributed by atoms with E-state index in [9.17, 15) is 4.79 Å². The maximum absolute atomic E-state index is 11.7. The average molecular weight is 373 g/mol. The maximum Gasteiger partial charge on any atom is 0.159 e. The van der Waals surface area contributed by atoms with Crippen LogP contribution < -0.4 is 4.74 Å². The summed E-state index contributed by atoms with van der Waals surface area (Å²) in [5.41, 5.74) is 3.32. The molecule has 1 aromatic heterocycles. The number of ketones is 1. The van der Waals surface area contributed by atoms with Gasteiger partial charge in [0.1, 0.15) is 22.5 Å². The quantitative estimate of drug-likeness (QED) is 0.517. The van der Waals surface area contributed by atoms with Crippen LogP contribution in [0.15, 0.2) is 33.2 Å². The molecule has 0 spiro atoms. The van der Waals surface area contributed by atoms with Crippen molar-refractivity contribution < 1.29 is 13.9 Å². The number of hydrogen-bond donors (Lipinski definition) is 0. The molecule has 0 fully saturated rings. The molecule has 0 aliphatic carbocycles. The SMILES string of the molecule is CC(=O)c1ccc2oc3cc(Br)c4c(c3c2c1)CCC(C)(C)O4. The molecule has 4 rings (SSSR count). The second kappa shape index (κ2) is 4.84. The molecule has 0 saturated carbocycles. The Hall–Kier alpha value is -1.81. The van der Waals surface area contributed by atoms with Crippen LogP contribution in [0, 0.1) is 0 Å². The lowest BCUT2D eigenvalue weighted by molar-refractivity contribution is 0.0842. The Labute approximate surface area is 142 Å². The van der Waals surface area contributed by atoms with E-state index in [4.69, 9.17) is 9.15 Å². The van der Waals surface area contributed by atoms with Crippen LogP contribution in [0.5, 0.6) is 5.75 Å². The van der Waals surface area contributed by atoms with Gasteiger partial charge in [0.05, 0.1) is 4.47 Å². The summed E-state index contributed by atoms with van der Waals surface area (Å²) in [6.45, 7) is 5.79. The zero-order valence-corrected chi connectivity index (χ0v) is 14.9. The maximum atomic E-state index is 11.7. The van der Waals surface area contributed by atoms with Crippen molar-refractivity contribution in [3.05, 3.63) is 39.9 Å². The molecule has 0 amide bonds. The fourth-order valence-corrected chi connectivity index (χ4v) is 3.82. The van der Waals surface area contributed by atoms with Gasteiger partial charge in [-0.15, -0.1) is 0 Å². The van der Waals surface area contributed by atoms with Crippen molar-refractivity contribution in [2.24, 2.45) is 0 Å². The molecule has 0 radical (unpaired) electrons. The predicted molar refractivity (Wildman–Crippen MR) is 94.5 cm³/mol. The minimum Gasteiger partial charge on any atom is -0.486 e. The van der Waals surface area contributed by atoms with Crippen LogP contribution in [0.1, 0.15) is 43.1 Å². The van der Waals surface area contributed by atoms with Crippen molar-refractivity contribution in [2.75, 3.05) is 0 Å². The number of hydrogen-bond acceptors (Lipinski definition) is 3. The first-order valence-electron chi connectivity index (χ1n) is 7.73. The molecule has 3 nitrogen and oxygen atoms in total. The molecule has 1 aliphatic heterocycles. The van der Waals surface area contributed by atoms with E-state index in [1.165, 1.54) is 0 Å². The van der Waals surface area contributed by atoms with E-state index in [1.807, 2.05) is 24.3 Å². The fraction of sp³-hybridized carbons (Fsp3) is 0.316. The Balaban J connectivity index is 2.08. The molecule has 118 valence electrons. The minimum absolute atomic E-state index is 0.0598. The number of carbonyl (C=O) groups excluding carboxylic acids is 1. The lowest BCUT2D eigenvalue weighted by atomic mass is 9.91. The van der Waals surface area contributed by atoms with E-state index in [1.54, 1.807) is 6.92 Å². The van der Waals surface area contributed by atoms with Gasteiger partial charge in [-0.1, -0.05) is 0 Å². The molecule has 0 saturated heterocycles. The third-order valence-electron chi connectivity index (χ3n) is 4.53. The molecule has 0 atom stereocenters. The fourth-order valence-electron chi connectivity index (χ4n) is 3.29. The monoisotopic (exact) mass is 372 g/mol. The molecular formula is C19H17BrO3. The van der Waals surface area contributed by atoms with Crippen molar-refractivity contribution >= 4 is 43.7 Å². The molecule has 1 aliphatic rings. The predicted octanol–water partition coefficient (Wildman–Crippen LogP) is 5.65. The van der Waals surface area contributed by atoms with E-state index < -0.39 is 0 Å². The standard InChI is InChI=1S/C19H17BrO3/c1-10(21)11-4-5-15-13(8-11)17-12-6-7-19(2,3)23-18(12)14(20)9-16(17)22-15/h4-5,8-9H,6-7H2,1-3H3. The number of fused-ring (bicyclic) bond motifs is 5. The van der Waals surface area contributed by atoms with Gasteiger partial charge in [0.2, 0.25) is 0 Å². The highest BCUT2D eigenvalue weighted by Crippen LogP contribution is 2.45. The summed E-state index contributed by atoms with van der Waals surface area (Å²) in [4.78, 5) is 11.7. The summed E-state index contributed by atoms with van der Waals surface area (Å²) in [5, 5.41) is 2.05. The van der Waals surface area contributed by atoms with E-state index >= 15 is 0 Å². The van der Waals surface area contributed by atoms with Crippen LogP contribution >= 0.6 is 15.9 Å². The summed E-state index contributed by atoms with van der Waals surface area (Å²) in [6.07, 6.45) is 1.88. The first-order chi connectivity index (χ1) is 10.9. The minimum atomic E-state index is -0.173. The molecular weight excluding hydrogens is 356 g/mol. The van der Waals surface area contributed by atoms with E-state index in [0.717, 1.165) is 50.6 Å². The van der Waals surface area contributed by atoms with Gasteiger partial charge in [-0.3, -0.25) is 4.79 Å². The summed E-state index contributed by atoms with van der Waals surface area (Å²) in [6, 6.07) is 7.58. The zero-order chi connectivity index (χ0) is 16.4. The number of furan rings is 1. The Bertz CT molecular complexity index is 966. The van der Waals surface area contributed by atoms with Crippen molar-refractivity contribution in [1.82, 2.24) is 0 Å². The zero-order valence-electron chi connectivity index (χ0n) is 13.3. The van der Waals surface area contributed by atoms with Gasteiger partial charge in [0.15, 0.2) is 5.78 Å². The van der Waals surface area contributed by atoms with Crippen molar-refractivity contribution in [3.8, 4) is 5.75 Å². The molecule has 2 heterocycles. The second-order valence-electron chi connectivity index (χ2n) is 6.77. The van der Waals surface area contributed by atoms with Crippen LogP contribution in [-0.2, 0) is 6.42 Å². The highest BCUT2D eigenvalue weighted by atomic mass is 79.9. The highest BCUT2D eigenvalue weighted by Gasteiger charge is 2.31. The summed E-state index contributed by atoms with van der Waals surface area (Å²) in [5.74, 6) is 0.953. The molecule has 4 heteroatoms. The first kappa shape index (κ1) is 14.8. The van der Waals surface area contributed by atoms with Crippen LogP contribution in [0.2, 0.25) is 0 Å². The van der Waals surface area contributed by atoms with Gasteiger partial charge in [-0.05, 0) is 73.8 Å². The summed E-state index contributed by atoms with van der Waals surface area (Å²) >= 11 is 3.61. The first-order valence-corrected chi connectivity index (χ1v) is 8.53. The summed E-state index contributed by atoms with van der Waals surface area (Å²) in [7, 11) is 0. The molecule has 3 aromatic rings. The van der Waals surface area contributed by atoms with Crippen LogP contribution in [0.25, 0.3) is 21.9 Å². The van der Waals surface area contributed by atoms with Gasteiger partial charge in [-0.2, -0.15) is 0 Å². The van der Waals surface area contributed by atoms with Gasteiger partial charge < -0.3 is 9.15 Å². The number of ether oxygens (including phenoxy) is 1. The number of Topliss-reactive ketones (excluding diaryl/α,β-unsaturated/α-hetero) is 1. The van der Waals surface area contributed by atoms with Gasteiger partial charge in [0.25, 0.3) is 0 Å². The third-order valence-corrected chi connectivity index (χ3v) is 5.12. The van der Waals surface area contributed by atoms with Crippen molar-refractivity contribution in [2.45, 2.75) is 39.2 Å². The second-order valence-corrected chi connectivity index (χ2v) is 7.62. The normalized spacial score (nSPS) is 16.3. The number of carbonyl (C=O) groups is 1. The highest BCUT2D eigenvalue weighted by molar-refractivity contribution is 9.10. The van der Waals surface area contributed by atoms with Crippen LogP contribution in [0.3, 0.4) is 0 Å². The molecule has 23 heavy (non-hydrogen) atoms. The van der Waals surface area contributed by atoms with E-state index in [-0.39, 0.29) is 11.4 Å². The molecule has 2 aromatic carbocycles. The molecule has 0 bridgehead atoms. The Morgan fingerprint density at radius 2 is 2.00 bits per heavy atom. The number of aryl methyl sites for hydroxylation is 1. The third kappa shape index (κ3) is 2.27. The van der Waals surface area contributed by atoms with Crippen molar-refractivity contribution in [3.63, 3.8) is 0 Å². The lowest BCUT2D eigenvalue weighted by Gasteiger charge is -2.33. The molecule has 0 unspecified atom stereocenters. The van der Waals surface area contributed by atoms with Gasteiger partial charge in [-0.25, -0.2) is 0 Å².